The summed E-state index contributed by atoms with van der Waals surface area (Å²) in [5.41, 5.74) is 5.72. The number of nitrogens with two attached hydrogens (primary N) is 1. The Labute approximate surface area is 126 Å². The van der Waals surface area contributed by atoms with E-state index >= 15 is 0 Å². The highest BCUT2D eigenvalue weighted by Gasteiger charge is 2.33. The maximum absolute atomic E-state index is 12.9. The van der Waals surface area contributed by atoms with E-state index in [-0.39, 0.29) is 12.1 Å². The van der Waals surface area contributed by atoms with Crippen molar-refractivity contribution in [2.24, 2.45) is 5.73 Å². The number of rotatable bonds is 5. The molecule has 0 bridgehead atoms. The molecule has 6 heteroatoms. The summed E-state index contributed by atoms with van der Waals surface area (Å²) in [6.45, 7) is 3.25. The fraction of sp³-hybridized carbons (Fsp3) is 0.333. The summed E-state index contributed by atoms with van der Waals surface area (Å²) in [5, 5.41) is 1.99. The smallest absolute Gasteiger partial charge is 0.367 e. The summed E-state index contributed by atoms with van der Waals surface area (Å²) in [4.78, 5) is 3.21. The van der Waals surface area contributed by atoms with E-state index in [9.17, 15) is 13.2 Å². The molecular weight excluding hydrogens is 297 g/mol. The van der Waals surface area contributed by atoms with Gasteiger partial charge in [-0.1, -0.05) is 6.07 Å². The number of thiophene rings is 1. The molecule has 0 atom stereocenters. The van der Waals surface area contributed by atoms with E-state index in [1.54, 1.807) is 17.4 Å². The maximum atomic E-state index is 12.9. The average molecular weight is 314 g/mol. The Kier molecular flexibility index (Phi) is 4.90. The van der Waals surface area contributed by atoms with Gasteiger partial charge in [-0.05, 0) is 42.1 Å². The van der Waals surface area contributed by atoms with E-state index < -0.39 is 11.7 Å². The molecule has 21 heavy (non-hydrogen) atoms. The highest BCUT2D eigenvalue weighted by atomic mass is 32.1. The predicted molar refractivity (Wildman–Crippen MR) is 80.4 cm³/mol. The SMILES string of the molecule is CCN(Cc1cccs1)c1ccc(C(F)(F)F)c(CN)c1. The standard InChI is InChI=1S/C15H17F3N2S/c1-2-20(10-13-4-3-7-21-13)12-5-6-14(15(16,17)18)11(8-12)9-19/h3-8H,2,9-10,19H2,1H3. The Morgan fingerprint density at radius 3 is 2.52 bits per heavy atom. The first-order valence-electron chi connectivity index (χ1n) is 6.63. The number of hydrogen-bond acceptors (Lipinski definition) is 3. The lowest BCUT2D eigenvalue weighted by Crippen LogP contribution is -2.22. The summed E-state index contributed by atoms with van der Waals surface area (Å²) < 4.78 is 38.7. The fourth-order valence-electron chi connectivity index (χ4n) is 2.20. The Hall–Kier alpha value is -1.53. The molecule has 1 aromatic heterocycles. The van der Waals surface area contributed by atoms with Crippen LogP contribution in [0.15, 0.2) is 35.7 Å². The molecule has 0 saturated heterocycles. The highest BCUT2D eigenvalue weighted by Crippen LogP contribution is 2.34. The third-order valence-corrected chi connectivity index (χ3v) is 4.15. The monoisotopic (exact) mass is 314 g/mol. The minimum Gasteiger partial charge on any atom is -0.367 e. The van der Waals surface area contributed by atoms with Gasteiger partial charge in [0.1, 0.15) is 0 Å². The summed E-state index contributed by atoms with van der Waals surface area (Å²) in [7, 11) is 0. The van der Waals surface area contributed by atoms with Crippen molar-refractivity contribution < 1.29 is 13.2 Å². The number of nitrogens with zero attached hydrogens (tertiary/aromatic N) is 1. The molecule has 0 radical (unpaired) electrons. The summed E-state index contributed by atoms with van der Waals surface area (Å²) in [5.74, 6) is 0. The van der Waals surface area contributed by atoms with Crippen LogP contribution in [0.2, 0.25) is 0 Å². The molecule has 0 spiro atoms. The molecule has 0 aliphatic carbocycles. The number of halogens is 3. The Bertz CT molecular complexity index is 579. The molecule has 2 nitrogen and oxygen atoms in total. The Balaban J connectivity index is 2.30. The van der Waals surface area contributed by atoms with Crippen LogP contribution >= 0.6 is 11.3 Å². The van der Waals surface area contributed by atoms with Crippen molar-refractivity contribution in [3.63, 3.8) is 0 Å². The quantitative estimate of drug-likeness (QED) is 0.894. The van der Waals surface area contributed by atoms with Gasteiger partial charge in [-0.15, -0.1) is 11.3 Å². The van der Waals surface area contributed by atoms with Gasteiger partial charge in [-0.25, -0.2) is 0 Å². The van der Waals surface area contributed by atoms with Crippen molar-refractivity contribution in [3.8, 4) is 0 Å². The lowest BCUT2D eigenvalue weighted by Gasteiger charge is -2.24. The van der Waals surface area contributed by atoms with Gasteiger partial charge in [0, 0.05) is 23.7 Å². The zero-order valence-corrected chi connectivity index (χ0v) is 12.5. The van der Waals surface area contributed by atoms with Gasteiger partial charge in [0.05, 0.1) is 12.1 Å². The van der Waals surface area contributed by atoms with Crippen LogP contribution in [-0.4, -0.2) is 6.54 Å². The first-order valence-corrected chi connectivity index (χ1v) is 7.51. The van der Waals surface area contributed by atoms with Crippen molar-refractivity contribution in [1.82, 2.24) is 0 Å². The van der Waals surface area contributed by atoms with Gasteiger partial charge in [-0.2, -0.15) is 13.2 Å². The van der Waals surface area contributed by atoms with Crippen LogP contribution in [0.3, 0.4) is 0 Å². The molecule has 2 rings (SSSR count). The Morgan fingerprint density at radius 2 is 2.00 bits per heavy atom. The van der Waals surface area contributed by atoms with Crippen molar-refractivity contribution >= 4 is 17.0 Å². The van der Waals surface area contributed by atoms with E-state index in [2.05, 4.69) is 0 Å². The molecule has 0 unspecified atom stereocenters. The molecule has 0 aliphatic heterocycles. The van der Waals surface area contributed by atoms with Gasteiger partial charge < -0.3 is 10.6 Å². The third kappa shape index (κ3) is 3.77. The van der Waals surface area contributed by atoms with Crippen LogP contribution in [-0.2, 0) is 19.3 Å². The van der Waals surface area contributed by atoms with E-state index in [4.69, 9.17) is 5.73 Å². The highest BCUT2D eigenvalue weighted by molar-refractivity contribution is 7.09. The van der Waals surface area contributed by atoms with Crippen molar-refractivity contribution in [3.05, 3.63) is 51.7 Å². The topological polar surface area (TPSA) is 29.3 Å². The van der Waals surface area contributed by atoms with Crippen molar-refractivity contribution in [1.29, 1.82) is 0 Å². The van der Waals surface area contributed by atoms with Gasteiger partial charge in [0.2, 0.25) is 0 Å². The maximum Gasteiger partial charge on any atom is 0.416 e. The molecule has 1 aromatic carbocycles. The van der Waals surface area contributed by atoms with Crippen LogP contribution in [0.5, 0.6) is 0 Å². The second-order valence-corrected chi connectivity index (χ2v) is 5.67. The Morgan fingerprint density at radius 1 is 1.24 bits per heavy atom. The average Bonchev–Trinajstić information content (AvgIpc) is 2.96. The van der Waals surface area contributed by atoms with Gasteiger partial charge in [0.15, 0.2) is 0 Å². The van der Waals surface area contributed by atoms with Gasteiger partial charge in [-0.3, -0.25) is 0 Å². The summed E-state index contributed by atoms with van der Waals surface area (Å²) in [6, 6.07) is 8.15. The zero-order valence-electron chi connectivity index (χ0n) is 11.7. The molecule has 1 heterocycles. The van der Waals surface area contributed by atoms with Gasteiger partial charge in [0.25, 0.3) is 0 Å². The number of hydrogen-bond donors (Lipinski definition) is 1. The van der Waals surface area contributed by atoms with Crippen LogP contribution in [0.1, 0.15) is 22.9 Å². The molecular formula is C15H17F3N2S. The van der Waals surface area contributed by atoms with E-state index in [0.717, 1.165) is 11.8 Å². The van der Waals surface area contributed by atoms with Crippen LogP contribution in [0, 0.1) is 0 Å². The minimum atomic E-state index is -4.36. The largest absolute Gasteiger partial charge is 0.416 e. The first kappa shape index (κ1) is 15.9. The molecule has 0 aliphatic rings. The number of alkyl halides is 3. The van der Waals surface area contributed by atoms with Crippen LogP contribution < -0.4 is 10.6 Å². The molecule has 2 N–H and O–H groups in total. The summed E-state index contributed by atoms with van der Waals surface area (Å²) >= 11 is 1.63. The minimum absolute atomic E-state index is 0.126. The second-order valence-electron chi connectivity index (χ2n) is 4.64. The van der Waals surface area contributed by atoms with Crippen LogP contribution in [0.4, 0.5) is 18.9 Å². The normalized spacial score (nSPS) is 11.7. The van der Waals surface area contributed by atoms with Crippen LogP contribution in [0.25, 0.3) is 0 Å². The molecule has 0 saturated carbocycles. The zero-order chi connectivity index (χ0) is 15.5. The molecule has 2 aromatic rings. The molecule has 0 amide bonds. The number of benzene rings is 1. The lowest BCUT2D eigenvalue weighted by molar-refractivity contribution is -0.138. The van der Waals surface area contributed by atoms with E-state index in [1.807, 2.05) is 29.3 Å². The van der Waals surface area contributed by atoms with E-state index in [1.165, 1.54) is 10.9 Å². The number of anilines is 1. The summed E-state index contributed by atoms with van der Waals surface area (Å²) in [6.07, 6.45) is -4.36. The predicted octanol–water partition coefficient (Wildman–Crippen LogP) is 4.25. The van der Waals surface area contributed by atoms with E-state index in [0.29, 0.717) is 13.1 Å². The fourth-order valence-corrected chi connectivity index (χ4v) is 2.92. The van der Waals surface area contributed by atoms with Gasteiger partial charge >= 0.3 is 6.18 Å². The molecule has 0 fully saturated rings. The third-order valence-electron chi connectivity index (χ3n) is 3.29. The van der Waals surface area contributed by atoms with Crippen molar-refractivity contribution in [2.45, 2.75) is 26.2 Å². The molecule has 114 valence electrons. The lowest BCUT2D eigenvalue weighted by atomic mass is 10.1. The first-order chi connectivity index (χ1) is 9.95. The second kappa shape index (κ2) is 6.49. The van der Waals surface area contributed by atoms with Crippen molar-refractivity contribution in [2.75, 3.05) is 11.4 Å².